The highest BCUT2D eigenvalue weighted by atomic mass is 16.4. The van der Waals surface area contributed by atoms with E-state index in [1.165, 1.54) is 38.5 Å². The zero-order valence-electron chi connectivity index (χ0n) is 11.8. The van der Waals surface area contributed by atoms with Gasteiger partial charge in [0.25, 0.3) is 0 Å². The molecule has 19 heavy (non-hydrogen) atoms. The van der Waals surface area contributed by atoms with Crippen LogP contribution in [0.25, 0.3) is 0 Å². The molecule has 3 nitrogen and oxygen atoms in total. The first-order valence-electron chi connectivity index (χ1n) is 7.27. The number of benzene rings is 1. The van der Waals surface area contributed by atoms with Crippen molar-refractivity contribution in [2.75, 3.05) is 6.54 Å². The number of hydrogen-bond donors (Lipinski definition) is 2. The average molecular weight is 263 g/mol. The molecule has 1 aromatic carbocycles. The second kappa shape index (κ2) is 9.56. The predicted octanol–water partition coefficient (Wildman–Crippen LogP) is 3.83. The maximum absolute atomic E-state index is 10.7. The maximum Gasteiger partial charge on any atom is 0.335 e. The van der Waals surface area contributed by atoms with Gasteiger partial charge in [-0.25, -0.2) is 4.79 Å². The first-order valence-corrected chi connectivity index (χ1v) is 7.27. The summed E-state index contributed by atoms with van der Waals surface area (Å²) >= 11 is 0. The lowest BCUT2D eigenvalue weighted by Gasteiger charge is -2.05. The van der Waals surface area contributed by atoms with Gasteiger partial charge in [0.15, 0.2) is 0 Å². The van der Waals surface area contributed by atoms with Gasteiger partial charge in [0.05, 0.1) is 5.56 Å². The summed E-state index contributed by atoms with van der Waals surface area (Å²) in [5.74, 6) is -0.869. The number of unbranched alkanes of at least 4 members (excludes halogenated alkanes) is 5. The molecule has 106 valence electrons. The Morgan fingerprint density at radius 2 is 1.68 bits per heavy atom. The fourth-order valence-electron chi connectivity index (χ4n) is 2.03. The number of hydrogen-bond acceptors (Lipinski definition) is 2. The number of aromatic carboxylic acids is 1. The molecule has 0 aromatic heterocycles. The van der Waals surface area contributed by atoms with Gasteiger partial charge in [-0.2, -0.15) is 0 Å². The number of carbonyl (C=O) groups is 1. The summed E-state index contributed by atoms with van der Waals surface area (Å²) in [6.45, 7) is 4.08. The Morgan fingerprint density at radius 3 is 2.32 bits per heavy atom. The molecule has 0 radical (unpaired) electrons. The topological polar surface area (TPSA) is 49.3 Å². The van der Waals surface area contributed by atoms with E-state index in [1.807, 2.05) is 12.1 Å². The van der Waals surface area contributed by atoms with E-state index in [2.05, 4.69) is 12.2 Å². The number of rotatable bonds is 10. The lowest BCUT2D eigenvalue weighted by molar-refractivity contribution is 0.0697. The third-order valence-corrected chi connectivity index (χ3v) is 3.24. The number of carboxylic acid groups (broad SMARTS) is 1. The Bertz CT molecular complexity index is 360. The molecule has 0 amide bonds. The molecule has 0 saturated carbocycles. The minimum absolute atomic E-state index is 0.347. The van der Waals surface area contributed by atoms with E-state index in [4.69, 9.17) is 5.11 Å². The second-order valence-electron chi connectivity index (χ2n) is 4.95. The third kappa shape index (κ3) is 6.97. The van der Waals surface area contributed by atoms with Crippen molar-refractivity contribution in [2.24, 2.45) is 0 Å². The molecule has 0 aliphatic heterocycles. The highest BCUT2D eigenvalue weighted by molar-refractivity contribution is 5.87. The molecule has 0 aliphatic rings. The van der Waals surface area contributed by atoms with Gasteiger partial charge in [-0.15, -0.1) is 0 Å². The summed E-state index contributed by atoms with van der Waals surface area (Å²) in [4.78, 5) is 10.7. The van der Waals surface area contributed by atoms with Crippen LogP contribution in [0.3, 0.4) is 0 Å². The molecule has 0 heterocycles. The van der Waals surface area contributed by atoms with Gasteiger partial charge in [0.1, 0.15) is 0 Å². The highest BCUT2D eigenvalue weighted by Gasteiger charge is 2.01. The van der Waals surface area contributed by atoms with Crippen LogP contribution in [0.5, 0.6) is 0 Å². The molecule has 1 rings (SSSR count). The Labute approximate surface area is 116 Å². The minimum atomic E-state index is -0.869. The third-order valence-electron chi connectivity index (χ3n) is 3.24. The van der Waals surface area contributed by atoms with Crippen molar-refractivity contribution in [2.45, 2.75) is 52.0 Å². The van der Waals surface area contributed by atoms with Gasteiger partial charge in [-0.1, -0.05) is 51.2 Å². The molecule has 0 fully saturated rings. The van der Waals surface area contributed by atoms with Crippen LogP contribution in [-0.2, 0) is 6.54 Å². The van der Waals surface area contributed by atoms with E-state index in [-0.39, 0.29) is 0 Å². The smallest absolute Gasteiger partial charge is 0.335 e. The van der Waals surface area contributed by atoms with Crippen molar-refractivity contribution in [3.8, 4) is 0 Å². The van der Waals surface area contributed by atoms with Gasteiger partial charge in [0.2, 0.25) is 0 Å². The first kappa shape index (κ1) is 15.7. The zero-order valence-corrected chi connectivity index (χ0v) is 11.8. The largest absolute Gasteiger partial charge is 0.478 e. The molecule has 0 atom stereocenters. The summed E-state index contributed by atoms with van der Waals surface area (Å²) < 4.78 is 0. The monoisotopic (exact) mass is 263 g/mol. The average Bonchev–Trinajstić information content (AvgIpc) is 2.42. The summed E-state index contributed by atoms with van der Waals surface area (Å²) in [6.07, 6.45) is 7.85. The van der Waals surface area contributed by atoms with E-state index in [9.17, 15) is 4.79 Å². The van der Waals surface area contributed by atoms with E-state index in [0.717, 1.165) is 18.7 Å². The highest BCUT2D eigenvalue weighted by Crippen LogP contribution is 2.06. The van der Waals surface area contributed by atoms with Crippen LogP contribution < -0.4 is 5.32 Å². The van der Waals surface area contributed by atoms with Gasteiger partial charge < -0.3 is 10.4 Å². The van der Waals surface area contributed by atoms with Crippen LogP contribution in [0, 0.1) is 0 Å². The maximum atomic E-state index is 10.7. The van der Waals surface area contributed by atoms with Crippen molar-refractivity contribution < 1.29 is 9.90 Å². The molecule has 0 bridgehead atoms. The van der Waals surface area contributed by atoms with Crippen molar-refractivity contribution in [1.82, 2.24) is 5.32 Å². The van der Waals surface area contributed by atoms with Gasteiger partial charge in [-0.05, 0) is 30.7 Å². The standard InChI is InChI=1S/C16H25NO2/c1-2-3-4-5-6-7-12-17-13-14-8-10-15(11-9-14)16(18)19/h8-11,17H,2-7,12-13H2,1H3,(H,18,19). The normalized spacial score (nSPS) is 10.6. The molecule has 0 spiro atoms. The summed E-state index contributed by atoms with van der Waals surface area (Å²) in [6, 6.07) is 7.06. The van der Waals surface area contributed by atoms with Gasteiger partial charge in [-0.3, -0.25) is 0 Å². The van der Waals surface area contributed by atoms with E-state index in [1.54, 1.807) is 12.1 Å². The molecule has 0 saturated heterocycles. The van der Waals surface area contributed by atoms with Crippen LogP contribution in [-0.4, -0.2) is 17.6 Å². The van der Waals surface area contributed by atoms with Crippen LogP contribution >= 0.6 is 0 Å². The van der Waals surface area contributed by atoms with Crippen molar-refractivity contribution in [3.63, 3.8) is 0 Å². The molecule has 0 aliphatic carbocycles. The Hall–Kier alpha value is -1.35. The van der Waals surface area contributed by atoms with Crippen LogP contribution in [0.15, 0.2) is 24.3 Å². The summed E-state index contributed by atoms with van der Waals surface area (Å²) in [5.41, 5.74) is 1.48. The number of nitrogens with one attached hydrogen (secondary N) is 1. The Kier molecular flexibility index (Phi) is 7.91. The van der Waals surface area contributed by atoms with Crippen molar-refractivity contribution in [1.29, 1.82) is 0 Å². The van der Waals surface area contributed by atoms with Crippen molar-refractivity contribution >= 4 is 5.97 Å². The van der Waals surface area contributed by atoms with E-state index >= 15 is 0 Å². The molecular weight excluding hydrogens is 238 g/mol. The first-order chi connectivity index (χ1) is 9.24. The SMILES string of the molecule is CCCCCCCCNCc1ccc(C(=O)O)cc1. The molecule has 2 N–H and O–H groups in total. The molecule has 3 heteroatoms. The Morgan fingerprint density at radius 1 is 1.05 bits per heavy atom. The molecular formula is C16H25NO2. The van der Waals surface area contributed by atoms with Crippen LogP contribution in [0.4, 0.5) is 0 Å². The van der Waals surface area contributed by atoms with Crippen LogP contribution in [0.2, 0.25) is 0 Å². The number of carboxylic acids is 1. The quantitative estimate of drug-likeness (QED) is 0.631. The predicted molar refractivity (Wildman–Crippen MR) is 78.5 cm³/mol. The van der Waals surface area contributed by atoms with E-state index < -0.39 is 5.97 Å². The lowest BCUT2D eigenvalue weighted by atomic mass is 10.1. The fourth-order valence-corrected chi connectivity index (χ4v) is 2.03. The second-order valence-corrected chi connectivity index (χ2v) is 4.95. The Balaban J connectivity index is 2.07. The lowest BCUT2D eigenvalue weighted by Crippen LogP contribution is -2.14. The van der Waals surface area contributed by atoms with Gasteiger partial charge >= 0.3 is 5.97 Å². The van der Waals surface area contributed by atoms with Gasteiger partial charge in [0, 0.05) is 6.54 Å². The zero-order chi connectivity index (χ0) is 13.9. The summed E-state index contributed by atoms with van der Waals surface area (Å²) in [5, 5.41) is 12.2. The van der Waals surface area contributed by atoms with Crippen LogP contribution in [0.1, 0.15) is 61.4 Å². The fraction of sp³-hybridized carbons (Fsp3) is 0.562. The van der Waals surface area contributed by atoms with Crippen molar-refractivity contribution in [3.05, 3.63) is 35.4 Å². The van der Waals surface area contributed by atoms with E-state index in [0.29, 0.717) is 5.56 Å². The molecule has 0 unspecified atom stereocenters. The summed E-state index contributed by atoms with van der Waals surface area (Å²) in [7, 11) is 0. The minimum Gasteiger partial charge on any atom is -0.478 e. The molecule has 1 aromatic rings.